The molecule has 0 aliphatic carbocycles. The van der Waals surface area contributed by atoms with Crippen molar-refractivity contribution in [2.45, 2.75) is 6.42 Å². The smallest absolute Gasteiger partial charge is 0.227 e. The van der Waals surface area contributed by atoms with E-state index in [1.165, 1.54) is 34.5 Å². The predicted octanol–water partition coefficient (Wildman–Crippen LogP) is 12.6. The Bertz CT molecular complexity index is 3160. The molecule has 348 valence electrons. The molecule has 2 aromatic heterocycles. The van der Waals surface area contributed by atoms with Gasteiger partial charge in [0, 0.05) is 52.8 Å². The fourth-order valence-electron chi connectivity index (χ4n) is 7.15. The Morgan fingerprint density at radius 2 is 0.985 bits per heavy atom. The van der Waals surface area contributed by atoms with Gasteiger partial charge in [0.2, 0.25) is 11.9 Å². The number of nitrogen functional groups attached to an aromatic ring is 1. The van der Waals surface area contributed by atoms with E-state index in [1.807, 2.05) is 60.7 Å². The summed E-state index contributed by atoms with van der Waals surface area (Å²) in [7, 11) is 9.27. The van der Waals surface area contributed by atoms with Crippen LogP contribution in [0.15, 0.2) is 110 Å². The topological polar surface area (TPSA) is 174 Å². The molecule has 6 aromatic carbocycles. The number of nitrogens with zero attached hydrogens (tertiary/aromatic N) is 4. The van der Waals surface area contributed by atoms with Crippen LogP contribution in [-0.2, 0) is 11.2 Å². The number of methoxy groups -OCH3 is 6. The lowest BCUT2D eigenvalue weighted by Gasteiger charge is -2.16. The quantitative estimate of drug-likeness (QED) is 0.0654. The summed E-state index contributed by atoms with van der Waals surface area (Å²) in [6.07, 6.45) is 4.87. The first kappa shape index (κ1) is 48.7. The maximum Gasteiger partial charge on any atom is 0.227 e. The van der Waals surface area contributed by atoms with Crippen LogP contribution in [0.2, 0.25) is 20.1 Å². The summed E-state index contributed by atoms with van der Waals surface area (Å²) < 4.78 is 32.4. The van der Waals surface area contributed by atoms with E-state index in [2.05, 4.69) is 37.1 Å². The van der Waals surface area contributed by atoms with Crippen LogP contribution in [0.4, 0.5) is 29.0 Å². The summed E-state index contributed by atoms with van der Waals surface area (Å²) in [4.78, 5) is 30.1. The summed E-state index contributed by atoms with van der Waals surface area (Å²) in [5.41, 5.74) is 12.7. The number of aromatic nitrogens is 4. The predicted molar refractivity (Wildman–Crippen MR) is 272 cm³/mol. The molecule has 0 unspecified atom stereocenters. The molecule has 0 saturated carbocycles. The van der Waals surface area contributed by atoms with Crippen LogP contribution in [0.1, 0.15) is 5.56 Å². The van der Waals surface area contributed by atoms with E-state index in [1.54, 1.807) is 50.9 Å². The highest BCUT2D eigenvalue weighted by Crippen LogP contribution is 2.48. The van der Waals surface area contributed by atoms with Crippen molar-refractivity contribution in [3.05, 3.63) is 136 Å². The molecule has 0 spiro atoms. The molecule has 0 aliphatic rings. The molecule has 0 amide bonds. The van der Waals surface area contributed by atoms with Gasteiger partial charge >= 0.3 is 0 Å². The van der Waals surface area contributed by atoms with Gasteiger partial charge in [-0.3, -0.25) is 4.79 Å². The van der Waals surface area contributed by atoms with E-state index in [4.69, 9.17) is 80.6 Å². The molecule has 8 aromatic rings. The molecule has 0 radical (unpaired) electrons. The van der Waals surface area contributed by atoms with Gasteiger partial charge in [0.1, 0.15) is 40.2 Å². The van der Waals surface area contributed by atoms with E-state index < -0.39 is 0 Å². The van der Waals surface area contributed by atoms with Crippen molar-refractivity contribution >= 4 is 103 Å². The van der Waals surface area contributed by atoms with Gasteiger partial charge < -0.3 is 44.8 Å². The van der Waals surface area contributed by atoms with Gasteiger partial charge in [-0.1, -0.05) is 83.3 Å². The number of ether oxygens (including phenoxy) is 6. The molecule has 0 saturated heterocycles. The van der Waals surface area contributed by atoms with Gasteiger partial charge in [-0.25, -0.2) is 19.9 Å². The Labute approximate surface area is 411 Å². The third-order valence-corrected chi connectivity index (χ3v) is 12.1. The van der Waals surface area contributed by atoms with Gasteiger partial charge in [-0.2, -0.15) is 0 Å². The van der Waals surface area contributed by atoms with Gasteiger partial charge in [-0.05, 0) is 65.2 Å². The molecule has 0 bridgehead atoms. The molecule has 18 heteroatoms. The summed E-state index contributed by atoms with van der Waals surface area (Å²) in [5, 5.41) is 9.44. The first-order valence-corrected chi connectivity index (χ1v) is 21.9. The lowest BCUT2D eigenvalue weighted by atomic mass is 10.0. The molecular formula is C50H43Cl4N7O7. The lowest BCUT2D eigenvalue weighted by molar-refractivity contribution is -0.114. The molecule has 8 rings (SSSR count). The van der Waals surface area contributed by atoms with E-state index in [-0.39, 0.29) is 12.2 Å². The van der Waals surface area contributed by atoms with Crippen LogP contribution < -0.4 is 44.8 Å². The molecule has 0 fully saturated rings. The second-order valence-corrected chi connectivity index (χ2v) is 16.0. The van der Waals surface area contributed by atoms with Crippen molar-refractivity contribution < 1.29 is 33.2 Å². The van der Waals surface area contributed by atoms with Crippen LogP contribution >= 0.6 is 46.4 Å². The molecule has 2 heterocycles. The first-order valence-electron chi connectivity index (χ1n) is 20.4. The van der Waals surface area contributed by atoms with Crippen molar-refractivity contribution in [2.75, 3.05) is 59.0 Å². The number of rotatable bonds is 15. The number of allylic oxidation sites excluding steroid dienone is 1. The van der Waals surface area contributed by atoms with Crippen LogP contribution in [0.3, 0.4) is 0 Å². The van der Waals surface area contributed by atoms with Crippen molar-refractivity contribution in [3.63, 3.8) is 0 Å². The number of fused-ring (bicyclic) bond motifs is 2. The Kier molecular flexibility index (Phi) is 15.5. The maximum absolute atomic E-state index is 12.0. The molecule has 4 N–H and O–H groups in total. The van der Waals surface area contributed by atoms with Crippen LogP contribution in [0.25, 0.3) is 44.1 Å². The zero-order valence-electron chi connectivity index (χ0n) is 37.5. The summed E-state index contributed by atoms with van der Waals surface area (Å²) in [6, 6.07) is 25.4. The summed E-state index contributed by atoms with van der Waals surface area (Å²) >= 11 is 26.3. The highest BCUT2D eigenvalue weighted by Gasteiger charge is 2.21. The van der Waals surface area contributed by atoms with Crippen molar-refractivity contribution in [1.82, 2.24) is 19.9 Å². The van der Waals surface area contributed by atoms with E-state index in [0.29, 0.717) is 100 Å². The zero-order valence-corrected chi connectivity index (χ0v) is 40.5. The Morgan fingerprint density at radius 3 is 1.41 bits per heavy atom. The van der Waals surface area contributed by atoms with Crippen LogP contribution in [-0.4, -0.2) is 68.4 Å². The molecule has 0 aliphatic heterocycles. The number of halogens is 4. The number of hydrogen-bond donors (Lipinski definition) is 3. The summed E-state index contributed by atoms with van der Waals surface area (Å²) in [5.74, 6) is 3.63. The fourth-order valence-corrected chi connectivity index (χ4v) is 8.59. The normalized spacial score (nSPS) is 10.7. The minimum atomic E-state index is -0.107. The number of carbonyl (C=O) groups is 1. The van der Waals surface area contributed by atoms with Gasteiger partial charge in [-0.15, -0.1) is 0 Å². The second-order valence-electron chi connectivity index (χ2n) is 14.5. The van der Waals surface area contributed by atoms with Crippen molar-refractivity contribution in [3.8, 4) is 56.8 Å². The maximum atomic E-state index is 12.0. The number of carbonyl (C=O) groups excluding carboxylic acids is 1. The highest BCUT2D eigenvalue weighted by molar-refractivity contribution is 6.42. The monoisotopic (exact) mass is 993 g/mol. The zero-order chi connectivity index (χ0) is 48.6. The Morgan fingerprint density at radius 1 is 0.574 bits per heavy atom. The number of para-hydroxylation sites is 2. The molecule has 0 atom stereocenters. The fraction of sp³-hybridized carbons (Fsp3) is 0.140. The summed E-state index contributed by atoms with van der Waals surface area (Å²) in [6.45, 7) is 3.55. The average molecular weight is 996 g/mol. The van der Waals surface area contributed by atoms with E-state index in [9.17, 15) is 4.79 Å². The Balaban J connectivity index is 0.000000203. The third-order valence-electron chi connectivity index (χ3n) is 10.6. The number of ketones is 1. The van der Waals surface area contributed by atoms with Crippen LogP contribution in [0, 0.1) is 0 Å². The molecular weight excluding hydrogens is 952 g/mol. The molecule has 14 nitrogen and oxygen atoms in total. The number of nitrogens with two attached hydrogens (primary N) is 1. The minimum Gasteiger partial charge on any atom is -0.495 e. The average Bonchev–Trinajstić information content (AvgIpc) is 3.35. The van der Waals surface area contributed by atoms with Crippen molar-refractivity contribution in [2.24, 2.45) is 0 Å². The second kappa shape index (κ2) is 21.6. The van der Waals surface area contributed by atoms with E-state index in [0.717, 1.165) is 33.0 Å². The minimum absolute atomic E-state index is 0.107. The first-order chi connectivity index (χ1) is 32.9. The highest BCUT2D eigenvalue weighted by atomic mass is 35.5. The SMILES string of the molecule is C=CC(=O)Cc1cccc(OC)c1Nc1ncc2cc(-c3c(Cl)c(OC)cc(OC)c3Cl)ccc2n1.COc1cc(OC)c(Cl)c(-c2ccc3nc(Nc4c(N)cccc4OC)ncc3c2)c1Cl. The number of anilines is 5. The number of hydrogen-bond acceptors (Lipinski definition) is 14. The van der Waals surface area contributed by atoms with Crippen molar-refractivity contribution in [1.29, 1.82) is 0 Å². The largest absolute Gasteiger partial charge is 0.495 e. The van der Waals surface area contributed by atoms with E-state index >= 15 is 0 Å². The Hall–Kier alpha value is -7.23. The standard InChI is InChI=1S/C27H23Cl2N3O4.C23H20Cl2N4O3/c1-5-18(33)12-16-7-6-8-20(34-2)26(16)32-27-30-14-17-11-15(9-10-19(17)31-27)23-24(28)21(35-3)13-22(36-4)25(23)29;1-30-16-6-4-5-14(26)22(16)29-23-27-11-13-9-12(7-8-15(13)28-23)19-20(24)17(31-2)10-18(32-3)21(19)25/h5-11,13-14H,1,12H2,2-4H3,(H,30,31,32);4-11H,26H2,1-3H3,(H,27,28,29). The number of nitrogens with one attached hydrogen (secondary N) is 2. The lowest BCUT2D eigenvalue weighted by Crippen LogP contribution is -2.06. The number of benzene rings is 6. The van der Waals surface area contributed by atoms with Gasteiger partial charge in [0.15, 0.2) is 5.78 Å². The van der Waals surface area contributed by atoms with Gasteiger partial charge in [0.25, 0.3) is 0 Å². The third kappa shape index (κ3) is 10.2. The molecule has 68 heavy (non-hydrogen) atoms. The van der Waals surface area contributed by atoms with Crippen LogP contribution in [0.5, 0.6) is 34.5 Å². The van der Waals surface area contributed by atoms with Gasteiger partial charge in [0.05, 0.1) is 85.2 Å².